The van der Waals surface area contributed by atoms with Gasteiger partial charge in [-0.1, -0.05) is 30.3 Å². The van der Waals surface area contributed by atoms with Gasteiger partial charge in [-0.05, 0) is 26.8 Å². The number of rotatable bonds is 5. The van der Waals surface area contributed by atoms with Gasteiger partial charge in [0.05, 0.1) is 17.0 Å². The number of nitrogens with zero attached hydrogens (tertiary/aromatic N) is 3. The molecule has 0 aliphatic rings. The molecule has 1 aromatic carbocycles. The number of benzene rings is 1. The van der Waals surface area contributed by atoms with Crippen molar-refractivity contribution in [2.24, 2.45) is 0 Å². The standard InChI is InChI=1S/C21H19N3O4S/c1-4-28-21(27)16-17-19(26)24(12(2)3)20-14(23(17)11-22-16)10-15(29-20)18(25)13-8-6-5-7-9-13/h5-12H,4H2,1-3H3. The van der Waals surface area contributed by atoms with E-state index in [2.05, 4.69) is 4.98 Å². The second-order valence-electron chi connectivity index (χ2n) is 6.80. The number of ether oxygens (including phenoxy) is 1. The molecule has 4 rings (SSSR count). The molecule has 148 valence electrons. The summed E-state index contributed by atoms with van der Waals surface area (Å²) in [5, 5.41) is 0. The van der Waals surface area contributed by atoms with Crippen molar-refractivity contribution in [1.82, 2.24) is 14.0 Å². The highest BCUT2D eigenvalue weighted by Gasteiger charge is 2.24. The molecule has 8 heteroatoms. The molecule has 0 saturated heterocycles. The third-order valence-corrected chi connectivity index (χ3v) is 5.73. The molecule has 7 nitrogen and oxygen atoms in total. The summed E-state index contributed by atoms with van der Waals surface area (Å²) in [4.78, 5) is 43.8. The molecule has 0 saturated carbocycles. The van der Waals surface area contributed by atoms with Crippen molar-refractivity contribution < 1.29 is 14.3 Å². The van der Waals surface area contributed by atoms with Crippen LogP contribution in [0.5, 0.6) is 0 Å². The summed E-state index contributed by atoms with van der Waals surface area (Å²) in [7, 11) is 0. The highest BCUT2D eigenvalue weighted by atomic mass is 32.1. The first-order valence-electron chi connectivity index (χ1n) is 9.26. The minimum absolute atomic E-state index is 0.0183. The van der Waals surface area contributed by atoms with E-state index in [-0.39, 0.29) is 35.2 Å². The number of carbonyl (C=O) groups is 2. The van der Waals surface area contributed by atoms with Crippen molar-refractivity contribution in [3.05, 3.63) is 69.2 Å². The molecule has 0 atom stereocenters. The van der Waals surface area contributed by atoms with E-state index in [0.717, 1.165) is 0 Å². The van der Waals surface area contributed by atoms with Gasteiger partial charge in [0.2, 0.25) is 5.78 Å². The summed E-state index contributed by atoms with van der Waals surface area (Å²) in [6.07, 6.45) is 1.43. The molecule has 29 heavy (non-hydrogen) atoms. The molecule has 0 unspecified atom stereocenters. The van der Waals surface area contributed by atoms with E-state index in [4.69, 9.17) is 4.74 Å². The van der Waals surface area contributed by atoms with Crippen molar-refractivity contribution in [1.29, 1.82) is 0 Å². The van der Waals surface area contributed by atoms with Gasteiger partial charge in [-0.2, -0.15) is 0 Å². The number of aromatic nitrogens is 3. The molecule has 4 aromatic rings. The molecule has 0 amide bonds. The molecule has 0 spiro atoms. The Balaban J connectivity index is 2.01. The van der Waals surface area contributed by atoms with Crippen LogP contribution in [0.15, 0.2) is 47.5 Å². The van der Waals surface area contributed by atoms with Crippen LogP contribution in [0.25, 0.3) is 15.9 Å². The fraction of sp³-hybridized carbons (Fsp3) is 0.238. The second kappa shape index (κ2) is 7.29. The molecule has 3 heterocycles. The van der Waals surface area contributed by atoms with Crippen molar-refractivity contribution in [3.63, 3.8) is 0 Å². The van der Waals surface area contributed by atoms with Gasteiger partial charge in [0.25, 0.3) is 5.56 Å². The lowest BCUT2D eigenvalue weighted by atomic mass is 10.1. The summed E-state index contributed by atoms with van der Waals surface area (Å²) in [6.45, 7) is 5.65. The smallest absolute Gasteiger partial charge is 0.359 e. The quantitative estimate of drug-likeness (QED) is 0.371. The van der Waals surface area contributed by atoms with Crippen LogP contribution in [0.4, 0.5) is 0 Å². The van der Waals surface area contributed by atoms with E-state index in [1.807, 2.05) is 32.0 Å². The van der Waals surface area contributed by atoms with Crippen LogP contribution in [0.1, 0.15) is 52.5 Å². The topological polar surface area (TPSA) is 82.7 Å². The number of ketones is 1. The minimum Gasteiger partial charge on any atom is -0.461 e. The lowest BCUT2D eigenvalue weighted by Gasteiger charge is -2.12. The maximum atomic E-state index is 13.2. The molecule has 0 radical (unpaired) electrons. The zero-order valence-electron chi connectivity index (χ0n) is 16.2. The number of imidazole rings is 1. The molecular weight excluding hydrogens is 390 g/mol. The van der Waals surface area contributed by atoms with E-state index in [1.54, 1.807) is 34.1 Å². The van der Waals surface area contributed by atoms with E-state index in [0.29, 0.717) is 20.8 Å². The van der Waals surface area contributed by atoms with Crippen LogP contribution < -0.4 is 5.56 Å². The Labute approximate surface area is 170 Å². The average molecular weight is 409 g/mol. The monoisotopic (exact) mass is 409 g/mol. The Kier molecular flexibility index (Phi) is 4.79. The predicted octanol–water partition coefficient (Wildman–Crippen LogP) is 3.70. The maximum Gasteiger partial charge on any atom is 0.359 e. The van der Waals surface area contributed by atoms with Gasteiger partial charge in [-0.25, -0.2) is 9.78 Å². The van der Waals surface area contributed by atoms with E-state index in [9.17, 15) is 14.4 Å². The Hall–Kier alpha value is -3.26. The molecular formula is C21H19N3O4S. The molecule has 0 aliphatic carbocycles. The van der Waals surface area contributed by atoms with Gasteiger partial charge in [0.1, 0.15) is 16.7 Å². The fourth-order valence-corrected chi connectivity index (χ4v) is 4.56. The number of thiophene rings is 1. The van der Waals surface area contributed by atoms with Crippen LogP contribution in [-0.2, 0) is 4.74 Å². The number of hydrogen-bond donors (Lipinski definition) is 0. The number of carbonyl (C=O) groups excluding carboxylic acids is 2. The van der Waals surface area contributed by atoms with E-state index in [1.165, 1.54) is 17.7 Å². The summed E-state index contributed by atoms with van der Waals surface area (Å²) < 4.78 is 8.22. The second-order valence-corrected chi connectivity index (χ2v) is 7.83. The van der Waals surface area contributed by atoms with Crippen LogP contribution >= 0.6 is 11.3 Å². The zero-order valence-corrected chi connectivity index (χ0v) is 17.0. The summed E-state index contributed by atoms with van der Waals surface area (Å²) >= 11 is 1.26. The maximum absolute atomic E-state index is 13.2. The first-order valence-corrected chi connectivity index (χ1v) is 10.1. The van der Waals surface area contributed by atoms with Crippen LogP contribution in [0, 0.1) is 0 Å². The summed E-state index contributed by atoms with van der Waals surface area (Å²) in [5.41, 5.74) is 1.03. The first-order chi connectivity index (χ1) is 13.9. The van der Waals surface area contributed by atoms with E-state index < -0.39 is 5.97 Å². The van der Waals surface area contributed by atoms with Gasteiger partial charge in [0.15, 0.2) is 5.69 Å². The summed E-state index contributed by atoms with van der Waals surface area (Å²) in [6, 6.07) is 10.6. The largest absolute Gasteiger partial charge is 0.461 e. The molecule has 0 fully saturated rings. The van der Waals surface area contributed by atoms with Crippen LogP contribution in [-0.4, -0.2) is 32.3 Å². The summed E-state index contributed by atoms with van der Waals surface area (Å²) in [5.74, 6) is -0.758. The molecule has 3 aromatic heterocycles. The highest BCUT2D eigenvalue weighted by molar-refractivity contribution is 7.20. The molecule has 0 N–H and O–H groups in total. The van der Waals surface area contributed by atoms with Crippen molar-refractivity contribution in [3.8, 4) is 0 Å². The lowest BCUT2D eigenvalue weighted by molar-refractivity contribution is 0.0522. The third kappa shape index (κ3) is 3.05. The van der Waals surface area contributed by atoms with Crippen LogP contribution in [0.3, 0.4) is 0 Å². The number of fused-ring (bicyclic) bond motifs is 3. The Morgan fingerprint density at radius 3 is 2.59 bits per heavy atom. The Morgan fingerprint density at radius 2 is 1.93 bits per heavy atom. The molecule has 0 aliphatic heterocycles. The Morgan fingerprint density at radius 1 is 1.21 bits per heavy atom. The SMILES string of the molecule is CCOC(=O)c1ncn2c1c(=O)n(C(C)C)c1sc(C(=O)c3ccccc3)cc12. The normalized spacial score (nSPS) is 11.4. The fourth-order valence-electron chi connectivity index (χ4n) is 3.32. The number of esters is 1. The van der Waals surface area contributed by atoms with Gasteiger partial charge >= 0.3 is 5.97 Å². The predicted molar refractivity (Wildman–Crippen MR) is 111 cm³/mol. The lowest BCUT2D eigenvalue weighted by Crippen LogP contribution is -2.25. The van der Waals surface area contributed by atoms with Crippen LogP contribution in [0.2, 0.25) is 0 Å². The number of hydrogen-bond acceptors (Lipinski definition) is 6. The van der Waals surface area contributed by atoms with Gasteiger partial charge < -0.3 is 4.74 Å². The van der Waals surface area contributed by atoms with E-state index >= 15 is 0 Å². The first kappa shape index (κ1) is 19.1. The van der Waals surface area contributed by atoms with Gasteiger partial charge in [-0.15, -0.1) is 11.3 Å². The molecule has 0 bridgehead atoms. The zero-order chi connectivity index (χ0) is 20.7. The average Bonchev–Trinajstić information content (AvgIpc) is 3.33. The van der Waals surface area contributed by atoms with Crippen molar-refractivity contribution in [2.45, 2.75) is 26.8 Å². The van der Waals surface area contributed by atoms with Gasteiger partial charge in [0, 0.05) is 11.6 Å². The highest BCUT2D eigenvalue weighted by Crippen LogP contribution is 2.29. The van der Waals surface area contributed by atoms with Crippen molar-refractivity contribution in [2.75, 3.05) is 6.61 Å². The van der Waals surface area contributed by atoms with Crippen molar-refractivity contribution >= 4 is 39.0 Å². The van der Waals surface area contributed by atoms with Gasteiger partial charge in [-0.3, -0.25) is 18.6 Å². The minimum atomic E-state index is -0.641. The third-order valence-electron chi connectivity index (χ3n) is 4.61. The Bertz CT molecular complexity index is 1300.